The minimum atomic E-state index is -0.159. The molecule has 0 unspecified atom stereocenters. The topological polar surface area (TPSA) is 46.2 Å². The molecule has 1 aliphatic heterocycles. The number of hydrogen-bond acceptors (Lipinski definition) is 5. The monoisotopic (exact) mass is 220 g/mol. The molecule has 0 saturated carbocycles. The second kappa shape index (κ2) is 6.40. The Bertz CT molecular complexity index is 175. The van der Waals surface area contributed by atoms with Gasteiger partial charge < -0.3 is 23.7 Å². The largest absolute Gasteiger partial charge is 0.382 e. The summed E-state index contributed by atoms with van der Waals surface area (Å²) in [5.41, 5.74) is 0. The molecule has 1 rings (SSSR count). The van der Waals surface area contributed by atoms with E-state index in [4.69, 9.17) is 23.7 Å². The van der Waals surface area contributed by atoms with Gasteiger partial charge in [-0.1, -0.05) is 0 Å². The summed E-state index contributed by atoms with van der Waals surface area (Å²) in [6.07, 6.45) is -0.466. The lowest BCUT2D eigenvalue weighted by Gasteiger charge is -2.40. The van der Waals surface area contributed by atoms with Gasteiger partial charge in [0, 0.05) is 28.4 Å². The van der Waals surface area contributed by atoms with Crippen LogP contribution >= 0.6 is 0 Å². The van der Waals surface area contributed by atoms with E-state index in [9.17, 15) is 0 Å². The molecule has 90 valence electrons. The zero-order valence-corrected chi connectivity index (χ0v) is 9.76. The zero-order chi connectivity index (χ0) is 11.3. The maximum absolute atomic E-state index is 5.60. The molecule has 0 aliphatic carbocycles. The second-order valence-electron chi connectivity index (χ2n) is 3.50. The molecule has 0 aromatic rings. The van der Waals surface area contributed by atoms with Crippen molar-refractivity contribution < 1.29 is 23.7 Å². The molecule has 0 N–H and O–H groups in total. The van der Waals surface area contributed by atoms with Gasteiger partial charge in [0.05, 0.1) is 13.2 Å². The molecule has 1 heterocycles. The third-order valence-corrected chi connectivity index (χ3v) is 2.71. The van der Waals surface area contributed by atoms with Crippen LogP contribution in [0.5, 0.6) is 0 Å². The average molecular weight is 220 g/mol. The fourth-order valence-electron chi connectivity index (χ4n) is 1.91. The lowest BCUT2D eigenvalue weighted by atomic mass is 10.00. The summed E-state index contributed by atoms with van der Waals surface area (Å²) >= 11 is 0. The Morgan fingerprint density at radius 2 is 1.67 bits per heavy atom. The van der Waals surface area contributed by atoms with E-state index < -0.39 is 0 Å². The van der Waals surface area contributed by atoms with Crippen LogP contribution in [-0.4, -0.2) is 66.1 Å². The Hall–Kier alpha value is -0.200. The lowest BCUT2D eigenvalue weighted by molar-refractivity contribution is -0.219. The molecule has 1 fully saturated rings. The summed E-state index contributed by atoms with van der Waals surface area (Å²) in [5, 5.41) is 0. The number of hydrogen-bond donors (Lipinski definition) is 0. The highest BCUT2D eigenvalue weighted by Crippen LogP contribution is 2.22. The fraction of sp³-hybridized carbons (Fsp3) is 1.00. The van der Waals surface area contributed by atoms with Gasteiger partial charge in [-0.25, -0.2) is 0 Å². The van der Waals surface area contributed by atoms with E-state index >= 15 is 0 Å². The Labute approximate surface area is 90.6 Å². The van der Waals surface area contributed by atoms with Crippen LogP contribution < -0.4 is 0 Å². The van der Waals surface area contributed by atoms with Crippen molar-refractivity contribution in [1.29, 1.82) is 0 Å². The molecule has 0 aromatic heterocycles. The fourth-order valence-corrected chi connectivity index (χ4v) is 1.91. The van der Waals surface area contributed by atoms with Gasteiger partial charge in [-0.3, -0.25) is 0 Å². The first-order valence-corrected chi connectivity index (χ1v) is 4.97. The normalized spacial score (nSPS) is 36.8. The summed E-state index contributed by atoms with van der Waals surface area (Å²) in [6.45, 7) is 0.998. The molecular formula is C10H20O5. The highest BCUT2D eigenvalue weighted by molar-refractivity contribution is 4.89. The number of methoxy groups -OCH3 is 4. The summed E-state index contributed by atoms with van der Waals surface area (Å²) in [4.78, 5) is 0. The molecule has 0 aromatic carbocycles. The van der Waals surface area contributed by atoms with E-state index in [1.165, 1.54) is 0 Å². The van der Waals surface area contributed by atoms with Crippen LogP contribution in [0.2, 0.25) is 0 Å². The smallest absolute Gasteiger partial charge is 0.114 e. The maximum atomic E-state index is 5.60. The summed E-state index contributed by atoms with van der Waals surface area (Å²) < 4.78 is 26.7. The SMILES string of the molecule is COC[C@@H]1OC[C@H](OC)[C@H](OC)[C@H]1OC. The van der Waals surface area contributed by atoms with Crippen molar-refractivity contribution in [3.63, 3.8) is 0 Å². The van der Waals surface area contributed by atoms with E-state index in [1.54, 1.807) is 28.4 Å². The molecule has 5 nitrogen and oxygen atoms in total. The predicted molar refractivity (Wildman–Crippen MR) is 54.0 cm³/mol. The molecule has 1 aliphatic rings. The Balaban J connectivity index is 2.65. The van der Waals surface area contributed by atoms with Crippen LogP contribution in [0.25, 0.3) is 0 Å². The van der Waals surface area contributed by atoms with Gasteiger partial charge in [-0.15, -0.1) is 0 Å². The molecule has 0 amide bonds. The van der Waals surface area contributed by atoms with Crippen LogP contribution in [0.1, 0.15) is 0 Å². The summed E-state index contributed by atoms with van der Waals surface area (Å²) in [5.74, 6) is 0. The number of ether oxygens (including phenoxy) is 5. The molecule has 0 radical (unpaired) electrons. The minimum absolute atomic E-state index is 0.0898. The van der Waals surface area contributed by atoms with Gasteiger partial charge in [0.2, 0.25) is 0 Å². The van der Waals surface area contributed by atoms with E-state index in [2.05, 4.69) is 0 Å². The predicted octanol–water partition coefficient (Wildman–Crippen LogP) is 0.0766. The van der Waals surface area contributed by atoms with Crippen molar-refractivity contribution in [1.82, 2.24) is 0 Å². The first-order valence-electron chi connectivity index (χ1n) is 4.97. The quantitative estimate of drug-likeness (QED) is 0.656. The van der Waals surface area contributed by atoms with Crippen LogP contribution in [0.15, 0.2) is 0 Å². The molecule has 15 heavy (non-hydrogen) atoms. The zero-order valence-electron chi connectivity index (χ0n) is 9.76. The van der Waals surface area contributed by atoms with E-state index in [0.717, 1.165) is 0 Å². The lowest BCUT2D eigenvalue weighted by Crippen LogP contribution is -2.56. The third-order valence-electron chi connectivity index (χ3n) is 2.71. The Morgan fingerprint density at radius 3 is 2.13 bits per heavy atom. The van der Waals surface area contributed by atoms with Crippen molar-refractivity contribution in [3.05, 3.63) is 0 Å². The molecule has 0 bridgehead atoms. The summed E-state index contributed by atoms with van der Waals surface area (Å²) in [7, 11) is 6.57. The molecule has 5 heteroatoms. The van der Waals surface area contributed by atoms with Crippen LogP contribution in [0.4, 0.5) is 0 Å². The Morgan fingerprint density at radius 1 is 1.00 bits per heavy atom. The Kier molecular flexibility index (Phi) is 5.49. The van der Waals surface area contributed by atoms with Crippen LogP contribution in [0.3, 0.4) is 0 Å². The van der Waals surface area contributed by atoms with Crippen molar-refractivity contribution in [2.75, 3.05) is 41.7 Å². The molecule has 4 atom stereocenters. The van der Waals surface area contributed by atoms with E-state index in [-0.39, 0.29) is 24.4 Å². The second-order valence-corrected chi connectivity index (χ2v) is 3.50. The molecular weight excluding hydrogens is 200 g/mol. The average Bonchev–Trinajstić information content (AvgIpc) is 2.28. The van der Waals surface area contributed by atoms with Gasteiger partial charge in [-0.2, -0.15) is 0 Å². The van der Waals surface area contributed by atoms with Crippen molar-refractivity contribution in [3.8, 4) is 0 Å². The van der Waals surface area contributed by atoms with Crippen molar-refractivity contribution in [2.24, 2.45) is 0 Å². The van der Waals surface area contributed by atoms with Crippen LogP contribution in [-0.2, 0) is 23.7 Å². The van der Waals surface area contributed by atoms with Gasteiger partial charge in [0.1, 0.15) is 24.4 Å². The molecule has 0 spiro atoms. The maximum Gasteiger partial charge on any atom is 0.114 e. The highest BCUT2D eigenvalue weighted by atomic mass is 16.6. The highest BCUT2D eigenvalue weighted by Gasteiger charge is 2.41. The summed E-state index contributed by atoms with van der Waals surface area (Å²) in [6, 6.07) is 0. The van der Waals surface area contributed by atoms with Gasteiger partial charge in [-0.05, 0) is 0 Å². The van der Waals surface area contributed by atoms with E-state index in [1.807, 2.05) is 0 Å². The van der Waals surface area contributed by atoms with Crippen LogP contribution in [0, 0.1) is 0 Å². The van der Waals surface area contributed by atoms with Crippen molar-refractivity contribution >= 4 is 0 Å². The molecule has 1 saturated heterocycles. The van der Waals surface area contributed by atoms with Gasteiger partial charge in [0.15, 0.2) is 0 Å². The standard InChI is InChI=1S/C10H20O5/c1-11-5-8-10(14-4)9(13-3)7(12-2)6-15-8/h7-10H,5-6H2,1-4H3/t7-,8-,9-,10-/m0/s1. The van der Waals surface area contributed by atoms with E-state index in [0.29, 0.717) is 13.2 Å². The minimum Gasteiger partial charge on any atom is -0.382 e. The number of rotatable bonds is 5. The van der Waals surface area contributed by atoms with Gasteiger partial charge in [0.25, 0.3) is 0 Å². The van der Waals surface area contributed by atoms with Gasteiger partial charge >= 0.3 is 0 Å². The van der Waals surface area contributed by atoms with Crippen molar-refractivity contribution in [2.45, 2.75) is 24.4 Å². The third kappa shape index (κ3) is 2.89. The first kappa shape index (κ1) is 12.9. The first-order chi connectivity index (χ1) is 7.28.